The van der Waals surface area contributed by atoms with Crippen LogP contribution in [-0.4, -0.2) is 23.8 Å². The predicted molar refractivity (Wildman–Crippen MR) is 118 cm³/mol. The number of fused-ring (bicyclic) bond motifs is 4. The molecule has 3 heterocycles. The van der Waals surface area contributed by atoms with Gasteiger partial charge in [-0.05, 0) is 72.4 Å². The van der Waals surface area contributed by atoms with Gasteiger partial charge in [0.05, 0.1) is 18.0 Å². The summed E-state index contributed by atoms with van der Waals surface area (Å²) in [5.41, 5.74) is 5.01. The molecule has 5 heteroatoms. The minimum absolute atomic E-state index is 0.00903. The summed E-state index contributed by atoms with van der Waals surface area (Å²) in [4.78, 5) is 24.6. The van der Waals surface area contributed by atoms with Crippen LogP contribution in [0.3, 0.4) is 0 Å². The van der Waals surface area contributed by atoms with Crippen LogP contribution < -0.4 is 10.6 Å². The highest BCUT2D eigenvalue weighted by molar-refractivity contribution is 5.98. The molecule has 0 aromatic heterocycles. The summed E-state index contributed by atoms with van der Waals surface area (Å²) in [5, 5.41) is 16.0. The van der Waals surface area contributed by atoms with Gasteiger partial charge < -0.3 is 10.6 Å². The van der Waals surface area contributed by atoms with E-state index >= 15 is 0 Å². The normalized spacial score (nSPS) is 24.9. The van der Waals surface area contributed by atoms with Gasteiger partial charge in [-0.3, -0.25) is 9.59 Å². The predicted octanol–water partition coefficient (Wildman–Crippen LogP) is 3.77. The van der Waals surface area contributed by atoms with E-state index in [1.165, 1.54) is 12.8 Å². The number of hydrogen-bond acceptors (Lipinski definition) is 4. The number of benzene rings is 2. The number of hydrogen-bond donors (Lipinski definition) is 2. The molecule has 4 aliphatic rings. The maximum absolute atomic E-state index is 12.9. The third-order valence-corrected chi connectivity index (χ3v) is 7.19. The average Bonchev–Trinajstić information content (AvgIpc) is 3.19. The summed E-state index contributed by atoms with van der Waals surface area (Å²) in [6, 6.07) is 16.9. The lowest BCUT2D eigenvalue weighted by Gasteiger charge is -2.43. The zero-order chi connectivity index (χ0) is 21.4. The standard InChI is InChI=1S/C26H27N3O2/c27-14-17(12-24(30)25-19-5-8-22(29-25)9-6-19)11-16-1-3-18(4-2-16)20-7-10-23-21(13-20)15-28-26(23)31/h1-4,7,10,13,17,19,22,25,29H,5-6,8-9,11-12,15H2,(H,28,31)/t17-,19?,22?,25+/m1/s1. The molecule has 5 nitrogen and oxygen atoms in total. The second-order valence-electron chi connectivity index (χ2n) is 9.21. The lowest BCUT2D eigenvalue weighted by Crippen LogP contribution is -2.56. The highest BCUT2D eigenvalue weighted by Gasteiger charge is 2.39. The van der Waals surface area contributed by atoms with Crippen molar-refractivity contribution >= 4 is 11.7 Å². The van der Waals surface area contributed by atoms with Crippen molar-refractivity contribution in [1.82, 2.24) is 10.6 Å². The van der Waals surface area contributed by atoms with E-state index in [0.717, 1.165) is 40.7 Å². The van der Waals surface area contributed by atoms with Crippen LogP contribution >= 0.6 is 0 Å². The van der Waals surface area contributed by atoms with Crippen LogP contribution in [0.5, 0.6) is 0 Å². The van der Waals surface area contributed by atoms with Crippen molar-refractivity contribution < 1.29 is 9.59 Å². The van der Waals surface area contributed by atoms with Crippen molar-refractivity contribution in [3.8, 4) is 17.2 Å². The van der Waals surface area contributed by atoms with Gasteiger partial charge in [0.2, 0.25) is 0 Å². The van der Waals surface area contributed by atoms with Crippen LogP contribution in [0.2, 0.25) is 0 Å². The zero-order valence-corrected chi connectivity index (χ0v) is 17.6. The Labute approximate surface area is 182 Å². The smallest absolute Gasteiger partial charge is 0.251 e. The Morgan fingerprint density at radius 3 is 2.48 bits per heavy atom. The van der Waals surface area contributed by atoms with E-state index in [2.05, 4.69) is 34.9 Å². The summed E-state index contributed by atoms with van der Waals surface area (Å²) in [7, 11) is 0. The molecule has 1 amide bonds. The van der Waals surface area contributed by atoms with E-state index in [1.54, 1.807) is 0 Å². The molecule has 1 aliphatic carbocycles. The molecule has 31 heavy (non-hydrogen) atoms. The Morgan fingerprint density at radius 2 is 1.81 bits per heavy atom. The minimum atomic E-state index is -0.294. The molecule has 2 bridgehead atoms. The van der Waals surface area contributed by atoms with Gasteiger partial charge in [0.1, 0.15) is 0 Å². The molecule has 2 atom stereocenters. The highest BCUT2D eigenvalue weighted by Crippen LogP contribution is 2.34. The second-order valence-corrected chi connectivity index (χ2v) is 9.21. The lowest BCUT2D eigenvalue weighted by molar-refractivity contribution is -0.125. The summed E-state index contributed by atoms with van der Waals surface area (Å²) < 4.78 is 0. The number of rotatable bonds is 6. The van der Waals surface area contributed by atoms with E-state index in [0.29, 0.717) is 31.3 Å². The fourth-order valence-electron chi connectivity index (χ4n) is 5.43. The molecule has 3 fully saturated rings. The van der Waals surface area contributed by atoms with Crippen molar-refractivity contribution in [3.05, 3.63) is 59.2 Å². The molecular weight excluding hydrogens is 386 g/mol. The maximum atomic E-state index is 12.9. The van der Waals surface area contributed by atoms with Gasteiger partial charge >= 0.3 is 0 Å². The molecule has 2 N–H and O–H groups in total. The second kappa shape index (κ2) is 8.28. The van der Waals surface area contributed by atoms with Gasteiger partial charge in [0.25, 0.3) is 5.91 Å². The molecule has 158 valence electrons. The van der Waals surface area contributed by atoms with E-state index in [-0.39, 0.29) is 23.7 Å². The fraction of sp³-hybridized carbons (Fsp3) is 0.423. The number of Topliss-reactive ketones (excluding diaryl/α,β-unsaturated/α-hetero) is 1. The molecule has 0 spiro atoms. The zero-order valence-electron chi connectivity index (χ0n) is 17.6. The molecule has 2 aromatic carbocycles. The Hall–Kier alpha value is -2.97. The number of nitriles is 1. The fourth-order valence-corrected chi connectivity index (χ4v) is 5.43. The molecule has 6 rings (SSSR count). The van der Waals surface area contributed by atoms with Gasteiger partial charge in [0.15, 0.2) is 5.78 Å². The molecule has 0 radical (unpaired) electrons. The topological polar surface area (TPSA) is 82.0 Å². The van der Waals surface area contributed by atoms with Crippen molar-refractivity contribution in [1.29, 1.82) is 5.26 Å². The summed E-state index contributed by atoms with van der Waals surface area (Å²) in [6.07, 6.45) is 5.55. The largest absolute Gasteiger partial charge is 0.348 e. The minimum Gasteiger partial charge on any atom is -0.348 e. The SMILES string of the molecule is N#C[C@@H](CC(=O)[C@H]1NC2CCC1CC2)Cc1ccc(-c2ccc3c(c2)CNC3=O)cc1. The Kier molecular flexibility index (Phi) is 5.33. The third kappa shape index (κ3) is 4.00. The van der Waals surface area contributed by atoms with E-state index in [1.807, 2.05) is 24.3 Å². The van der Waals surface area contributed by atoms with Gasteiger partial charge in [-0.1, -0.05) is 30.3 Å². The first-order valence-electron chi connectivity index (χ1n) is 11.3. The Bertz CT molecular complexity index is 1050. The monoisotopic (exact) mass is 413 g/mol. The van der Waals surface area contributed by atoms with E-state index in [9.17, 15) is 14.9 Å². The first-order valence-corrected chi connectivity index (χ1v) is 11.3. The van der Waals surface area contributed by atoms with Crippen molar-refractivity contribution in [2.24, 2.45) is 11.8 Å². The number of ketones is 1. The molecule has 2 aromatic rings. The summed E-state index contributed by atoms with van der Waals surface area (Å²) >= 11 is 0. The molecule has 1 saturated carbocycles. The number of amides is 1. The van der Waals surface area contributed by atoms with Crippen LogP contribution in [0.25, 0.3) is 11.1 Å². The first kappa shape index (κ1) is 20.0. The third-order valence-electron chi connectivity index (χ3n) is 7.19. The van der Waals surface area contributed by atoms with Gasteiger partial charge in [0, 0.05) is 24.6 Å². The van der Waals surface area contributed by atoms with Crippen LogP contribution in [-0.2, 0) is 17.8 Å². The molecular formula is C26H27N3O2. The Morgan fingerprint density at radius 1 is 1.06 bits per heavy atom. The molecule has 3 aliphatic heterocycles. The van der Waals surface area contributed by atoms with Crippen molar-refractivity contribution in [2.45, 2.75) is 57.2 Å². The number of carbonyl (C=O) groups excluding carboxylic acids is 2. The van der Waals surface area contributed by atoms with Gasteiger partial charge in [-0.25, -0.2) is 0 Å². The number of nitrogens with one attached hydrogen (secondary N) is 2. The quantitative estimate of drug-likeness (QED) is 0.755. The van der Waals surface area contributed by atoms with Crippen LogP contribution in [0.4, 0.5) is 0 Å². The average molecular weight is 414 g/mol. The van der Waals surface area contributed by atoms with E-state index < -0.39 is 0 Å². The lowest BCUT2D eigenvalue weighted by atomic mass is 9.74. The van der Waals surface area contributed by atoms with Crippen molar-refractivity contribution in [3.63, 3.8) is 0 Å². The first-order chi connectivity index (χ1) is 15.1. The number of carbonyl (C=O) groups is 2. The molecule has 2 saturated heterocycles. The van der Waals surface area contributed by atoms with Gasteiger partial charge in [-0.2, -0.15) is 5.26 Å². The van der Waals surface area contributed by atoms with Crippen LogP contribution in [0.15, 0.2) is 42.5 Å². The van der Waals surface area contributed by atoms with Gasteiger partial charge in [-0.15, -0.1) is 0 Å². The molecule has 0 unspecified atom stereocenters. The number of piperidine rings is 2. The summed E-state index contributed by atoms with van der Waals surface area (Å²) in [5.74, 6) is 0.357. The highest BCUT2D eigenvalue weighted by atomic mass is 16.2. The van der Waals surface area contributed by atoms with Crippen molar-refractivity contribution in [2.75, 3.05) is 0 Å². The Balaban J connectivity index is 1.23. The van der Waals surface area contributed by atoms with Crippen LogP contribution in [0, 0.1) is 23.2 Å². The van der Waals surface area contributed by atoms with Crippen LogP contribution in [0.1, 0.15) is 53.6 Å². The summed E-state index contributed by atoms with van der Waals surface area (Å²) in [6.45, 7) is 0.579. The maximum Gasteiger partial charge on any atom is 0.251 e. The number of nitrogens with zero attached hydrogens (tertiary/aromatic N) is 1. The van der Waals surface area contributed by atoms with E-state index in [4.69, 9.17) is 0 Å².